The molecule has 2 heterocycles. The molecule has 0 radical (unpaired) electrons. The Morgan fingerprint density at radius 2 is 1.58 bits per heavy atom. The Hall–Kier alpha value is -2.40. The fourth-order valence-corrected chi connectivity index (χ4v) is 5.84. The molecule has 0 amide bonds. The van der Waals surface area contributed by atoms with E-state index in [4.69, 9.17) is 13.8 Å². The number of hydrogen-bond donors (Lipinski definition) is 0. The number of nitrogens with zero attached hydrogens (tertiary/aromatic N) is 1. The minimum Gasteiger partial charge on any atom is -0.462 e. The second-order valence-electron chi connectivity index (χ2n) is 7.82. The van der Waals surface area contributed by atoms with E-state index in [-0.39, 0.29) is 25.0 Å². The summed E-state index contributed by atoms with van der Waals surface area (Å²) in [7, 11) is -3.51. The summed E-state index contributed by atoms with van der Waals surface area (Å²) < 4.78 is 32.7. The van der Waals surface area contributed by atoms with Crippen molar-refractivity contribution >= 4 is 19.1 Å². The molecular weight excluding hydrogens is 413 g/mol. The molecule has 6 nitrogen and oxygen atoms in total. The Balaban J connectivity index is 2.29. The average molecular weight is 443 g/mol. The highest BCUT2D eigenvalue weighted by molar-refractivity contribution is 7.53. The van der Waals surface area contributed by atoms with E-state index in [1.165, 1.54) is 0 Å². The Bertz CT molecular complexity index is 1070. The van der Waals surface area contributed by atoms with Crippen LogP contribution in [0.2, 0.25) is 0 Å². The van der Waals surface area contributed by atoms with E-state index in [1.807, 2.05) is 86.8 Å². The number of hydrogen-bond acceptors (Lipinski definition) is 5. The molecule has 0 aliphatic heterocycles. The van der Waals surface area contributed by atoms with Crippen molar-refractivity contribution in [3.05, 3.63) is 66.0 Å². The van der Waals surface area contributed by atoms with E-state index in [0.717, 1.165) is 5.56 Å². The molecule has 166 valence electrons. The summed E-state index contributed by atoms with van der Waals surface area (Å²) in [6.07, 6.45) is 1.33. The zero-order chi connectivity index (χ0) is 22.6. The maximum atomic E-state index is 13.8. The number of ether oxygens (including phenoxy) is 1. The molecule has 2 aromatic heterocycles. The lowest BCUT2D eigenvalue weighted by Crippen LogP contribution is -2.11. The summed E-state index contributed by atoms with van der Waals surface area (Å²) >= 11 is 0. The van der Waals surface area contributed by atoms with Gasteiger partial charge in [-0.2, -0.15) is 0 Å². The quantitative estimate of drug-likeness (QED) is 0.286. The van der Waals surface area contributed by atoms with Gasteiger partial charge in [0, 0.05) is 17.5 Å². The summed E-state index contributed by atoms with van der Waals surface area (Å²) in [5, 5.41) is 0. The summed E-state index contributed by atoms with van der Waals surface area (Å²) in [5.74, 6) is -0.416. The van der Waals surface area contributed by atoms with Gasteiger partial charge in [0.05, 0.1) is 36.1 Å². The summed E-state index contributed by atoms with van der Waals surface area (Å²) in [4.78, 5) is 13.0. The molecule has 0 fully saturated rings. The van der Waals surface area contributed by atoms with Gasteiger partial charge in [0.2, 0.25) is 0 Å². The van der Waals surface area contributed by atoms with E-state index in [9.17, 15) is 9.36 Å². The maximum Gasteiger partial charge on any atom is 0.340 e. The summed E-state index contributed by atoms with van der Waals surface area (Å²) in [5.41, 5.74) is 3.35. The maximum absolute atomic E-state index is 13.8. The fraction of sp³-hybridized carbons (Fsp3) is 0.375. The summed E-state index contributed by atoms with van der Waals surface area (Å²) in [6, 6.07) is 15.2. The van der Waals surface area contributed by atoms with Gasteiger partial charge in [0.25, 0.3) is 0 Å². The molecular formula is C24H30NO5P. The van der Waals surface area contributed by atoms with Crippen LogP contribution < -0.4 is 0 Å². The van der Waals surface area contributed by atoms with Gasteiger partial charge in [-0.25, -0.2) is 4.79 Å². The smallest absolute Gasteiger partial charge is 0.340 e. The fourth-order valence-electron chi connectivity index (χ4n) is 3.68. The lowest BCUT2D eigenvalue weighted by molar-refractivity contribution is 0.0529. The Morgan fingerprint density at radius 3 is 2.16 bits per heavy atom. The molecule has 1 aromatic carbocycles. The molecule has 0 unspecified atom stereocenters. The molecule has 0 saturated heterocycles. The van der Waals surface area contributed by atoms with Crippen molar-refractivity contribution in [3.63, 3.8) is 0 Å². The first kappa shape index (κ1) is 23.3. The van der Waals surface area contributed by atoms with Gasteiger partial charge in [-0.1, -0.05) is 36.4 Å². The highest BCUT2D eigenvalue weighted by Crippen LogP contribution is 2.55. The van der Waals surface area contributed by atoms with Crippen LogP contribution in [0.25, 0.3) is 16.6 Å². The highest BCUT2D eigenvalue weighted by atomic mass is 31.2. The molecule has 3 rings (SSSR count). The second-order valence-corrected chi connectivity index (χ2v) is 9.78. The van der Waals surface area contributed by atoms with Gasteiger partial charge in [-0.05, 0) is 52.3 Å². The largest absolute Gasteiger partial charge is 0.462 e. The van der Waals surface area contributed by atoms with Crippen molar-refractivity contribution in [1.82, 2.24) is 4.40 Å². The Kier molecular flexibility index (Phi) is 7.37. The molecule has 3 aromatic rings. The Labute approximate surface area is 183 Å². The molecule has 0 aliphatic carbocycles. The molecule has 0 bridgehead atoms. The molecule has 0 N–H and O–H groups in total. The van der Waals surface area contributed by atoms with Crippen LogP contribution in [-0.4, -0.2) is 29.2 Å². The predicted octanol–water partition coefficient (Wildman–Crippen LogP) is 6.33. The number of aromatic nitrogens is 1. The molecule has 0 aliphatic rings. The van der Waals surface area contributed by atoms with Crippen molar-refractivity contribution in [2.75, 3.05) is 6.61 Å². The van der Waals surface area contributed by atoms with Crippen LogP contribution in [0.15, 0.2) is 54.7 Å². The van der Waals surface area contributed by atoms with Gasteiger partial charge in [-0.3, -0.25) is 4.57 Å². The second kappa shape index (κ2) is 9.82. The van der Waals surface area contributed by atoms with Crippen molar-refractivity contribution in [3.8, 4) is 11.1 Å². The SMILES string of the molecule is CCOC(=O)c1c(-c2ccccc2)c(CP(=O)(OC(C)C)OC(C)C)n2ccccc12. The van der Waals surface area contributed by atoms with Gasteiger partial charge in [0.15, 0.2) is 0 Å². The summed E-state index contributed by atoms with van der Waals surface area (Å²) in [6.45, 7) is 9.35. The zero-order valence-electron chi connectivity index (χ0n) is 18.7. The van der Waals surface area contributed by atoms with Crippen molar-refractivity contribution in [1.29, 1.82) is 0 Å². The first-order valence-corrected chi connectivity index (χ1v) is 12.3. The lowest BCUT2D eigenvalue weighted by Gasteiger charge is -2.23. The average Bonchev–Trinajstić information content (AvgIpc) is 3.01. The lowest BCUT2D eigenvalue weighted by atomic mass is 10.0. The van der Waals surface area contributed by atoms with Crippen LogP contribution in [0.3, 0.4) is 0 Å². The van der Waals surface area contributed by atoms with Gasteiger partial charge < -0.3 is 18.2 Å². The molecule has 0 atom stereocenters. The van der Waals surface area contributed by atoms with Gasteiger partial charge in [-0.15, -0.1) is 0 Å². The number of fused-ring (bicyclic) bond motifs is 1. The van der Waals surface area contributed by atoms with Gasteiger partial charge in [0.1, 0.15) is 0 Å². The number of benzene rings is 1. The van der Waals surface area contributed by atoms with Crippen LogP contribution in [-0.2, 0) is 24.5 Å². The van der Waals surface area contributed by atoms with E-state index >= 15 is 0 Å². The molecule has 0 saturated carbocycles. The van der Waals surface area contributed by atoms with Crippen LogP contribution >= 0.6 is 7.60 Å². The number of esters is 1. The van der Waals surface area contributed by atoms with E-state index in [2.05, 4.69) is 0 Å². The van der Waals surface area contributed by atoms with Gasteiger partial charge >= 0.3 is 13.6 Å². The number of carbonyl (C=O) groups is 1. The Morgan fingerprint density at radius 1 is 0.968 bits per heavy atom. The van der Waals surface area contributed by atoms with E-state index in [1.54, 1.807) is 6.92 Å². The zero-order valence-corrected chi connectivity index (χ0v) is 19.6. The first-order valence-electron chi connectivity index (χ1n) is 10.6. The molecule has 0 spiro atoms. The molecule has 7 heteroatoms. The predicted molar refractivity (Wildman–Crippen MR) is 123 cm³/mol. The number of pyridine rings is 1. The third kappa shape index (κ3) is 5.27. The normalized spacial score (nSPS) is 12.1. The van der Waals surface area contributed by atoms with Crippen LogP contribution in [0.4, 0.5) is 0 Å². The minimum atomic E-state index is -3.51. The van der Waals surface area contributed by atoms with Crippen LogP contribution in [0.5, 0.6) is 0 Å². The van der Waals surface area contributed by atoms with Crippen molar-refractivity contribution in [2.24, 2.45) is 0 Å². The standard InChI is InChI=1S/C24H30NO5P/c1-6-28-24(26)23-20-14-10-11-15-25(20)21(22(23)19-12-8-7-9-13-19)16-31(27,29-17(2)3)30-18(4)5/h7-15,17-18H,6,16H2,1-5H3. The molecule has 31 heavy (non-hydrogen) atoms. The highest BCUT2D eigenvalue weighted by Gasteiger charge is 2.34. The topological polar surface area (TPSA) is 66.2 Å². The van der Waals surface area contributed by atoms with Crippen molar-refractivity contribution < 1.29 is 23.1 Å². The number of carbonyl (C=O) groups excluding carboxylic acids is 1. The minimum absolute atomic E-state index is 0.0260. The van der Waals surface area contributed by atoms with Crippen molar-refractivity contribution in [2.45, 2.75) is 53.0 Å². The monoisotopic (exact) mass is 443 g/mol. The third-order valence-electron chi connectivity index (χ3n) is 4.57. The first-order chi connectivity index (χ1) is 14.8. The third-order valence-corrected chi connectivity index (χ3v) is 6.75. The van der Waals surface area contributed by atoms with Crippen LogP contribution in [0, 0.1) is 0 Å². The van der Waals surface area contributed by atoms with E-state index in [0.29, 0.717) is 22.3 Å². The van der Waals surface area contributed by atoms with Crippen LogP contribution in [0.1, 0.15) is 50.7 Å². The van der Waals surface area contributed by atoms with E-state index < -0.39 is 13.6 Å². The number of rotatable bonds is 9.